The van der Waals surface area contributed by atoms with Crippen molar-refractivity contribution in [2.75, 3.05) is 30.7 Å². The molecule has 0 aliphatic rings. The van der Waals surface area contributed by atoms with Crippen LogP contribution in [0.2, 0.25) is 0 Å². The van der Waals surface area contributed by atoms with Gasteiger partial charge in [0.25, 0.3) is 5.91 Å². The van der Waals surface area contributed by atoms with Crippen molar-refractivity contribution in [1.29, 1.82) is 0 Å². The van der Waals surface area contributed by atoms with Gasteiger partial charge < -0.3 is 20.5 Å². The highest BCUT2D eigenvalue weighted by Gasteiger charge is 2.16. The van der Waals surface area contributed by atoms with E-state index >= 15 is 0 Å². The maximum atomic E-state index is 13.0. The van der Waals surface area contributed by atoms with Crippen molar-refractivity contribution >= 4 is 40.9 Å². The summed E-state index contributed by atoms with van der Waals surface area (Å²) in [5.41, 5.74) is 11.8. The second kappa shape index (κ2) is 10.0. The van der Waals surface area contributed by atoms with Crippen molar-refractivity contribution in [2.45, 2.75) is 0 Å². The minimum absolute atomic E-state index is 0.0278. The molecule has 170 valence electrons. The Bertz CT molecular complexity index is 1170. The van der Waals surface area contributed by atoms with E-state index in [0.29, 0.717) is 5.69 Å². The number of nitrogen functional groups attached to an aromatic ring is 1. The first-order valence-corrected chi connectivity index (χ1v) is 9.33. The lowest BCUT2D eigenvalue weighted by atomic mass is 10.1. The molecule has 0 atom stereocenters. The average molecular weight is 454 g/mol. The Balaban J connectivity index is 1.81. The van der Waals surface area contributed by atoms with Gasteiger partial charge in [-0.1, -0.05) is 0 Å². The van der Waals surface area contributed by atoms with Crippen LogP contribution in [-0.4, -0.2) is 42.0 Å². The normalized spacial score (nSPS) is 10.2. The number of hydrogen-bond acceptors (Lipinski definition) is 10. The molecular weight excluding hydrogens is 435 g/mol. The summed E-state index contributed by atoms with van der Waals surface area (Å²) in [6.45, 7) is 0. The Kier molecular flexibility index (Phi) is 6.98. The Morgan fingerprint density at radius 2 is 1.45 bits per heavy atom. The van der Waals surface area contributed by atoms with Crippen LogP contribution >= 0.6 is 0 Å². The predicted molar refractivity (Wildman–Crippen MR) is 116 cm³/mol. The number of carbonyl (C=O) groups is 3. The number of benzene rings is 2. The van der Waals surface area contributed by atoms with Crippen LogP contribution in [0.3, 0.4) is 0 Å². The van der Waals surface area contributed by atoms with E-state index < -0.39 is 23.7 Å². The van der Waals surface area contributed by atoms with Crippen molar-refractivity contribution in [3.8, 4) is 0 Å². The third-order valence-electron chi connectivity index (χ3n) is 4.32. The first-order chi connectivity index (χ1) is 15.8. The monoisotopic (exact) mass is 454 g/mol. The summed E-state index contributed by atoms with van der Waals surface area (Å²) < 4.78 is 22.4. The fraction of sp³-hybridized carbons (Fsp3) is 0.0952. The quantitative estimate of drug-likeness (QED) is 0.308. The molecule has 0 saturated heterocycles. The molecule has 3 aromatic rings. The smallest absolute Gasteiger partial charge is 0.337 e. The van der Waals surface area contributed by atoms with E-state index in [2.05, 4.69) is 26.1 Å². The SMILES string of the molecule is COC(=O)c1cc(Nc2ncnc(NNC(=O)c3ccc(F)cc3)c2N)cc(C(=O)OC)c1. The van der Waals surface area contributed by atoms with Crippen molar-refractivity contribution in [3.63, 3.8) is 0 Å². The molecule has 0 aliphatic carbocycles. The van der Waals surface area contributed by atoms with Gasteiger partial charge in [0.15, 0.2) is 11.6 Å². The third-order valence-corrected chi connectivity index (χ3v) is 4.32. The number of nitrogens with zero attached hydrogens (tertiary/aromatic N) is 2. The highest BCUT2D eigenvalue weighted by molar-refractivity contribution is 5.98. The van der Waals surface area contributed by atoms with Crippen LogP contribution in [0.15, 0.2) is 48.8 Å². The molecule has 1 amide bonds. The summed E-state index contributed by atoms with van der Waals surface area (Å²) in [4.78, 5) is 44.1. The number of hydrogen-bond donors (Lipinski definition) is 4. The lowest BCUT2D eigenvalue weighted by Gasteiger charge is -2.14. The van der Waals surface area contributed by atoms with Gasteiger partial charge in [-0.25, -0.2) is 23.9 Å². The molecule has 1 heterocycles. The molecule has 0 bridgehead atoms. The zero-order chi connectivity index (χ0) is 24.0. The van der Waals surface area contributed by atoms with Crippen molar-refractivity contribution in [3.05, 3.63) is 71.3 Å². The van der Waals surface area contributed by atoms with Crippen molar-refractivity contribution in [1.82, 2.24) is 15.4 Å². The molecular formula is C21H19FN6O5. The Morgan fingerprint density at radius 3 is 2.03 bits per heavy atom. The number of methoxy groups -OCH3 is 2. The van der Waals surface area contributed by atoms with Gasteiger partial charge in [0.1, 0.15) is 17.8 Å². The van der Waals surface area contributed by atoms with Crippen LogP contribution in [0, 0.1) is 5.82 Å². The zero-order valence-electron chi connectivity index (χ0n) is 17.5. The number of carbonyl (C=O) groups excluding carboxylic acids is 3. The van der Waals surface area contributed by atoms with Gasteiger partial charge in [-0.15, -0.1) is 0 Å². The van der Waals surface area contributed by atoms with Gasteiger partial charge in [0.2, 0.25) is 0 Å². The van der Waals surface area contributed by atoms with Gasteiger partial charge >= 0.3 is 11.9 Å². The first kappa shape index (κ1) is 22.9. The fourth-order valence-corrected chi connectivity index (χ4v) is 2.69. The topological polar surface area (TPSA) is 158 Å². The molecule has 11 nitrogen and oxygen atoms in total. The number of rotatable bonds is 7. The summed E-state index contributed by atoms with van der Waals surface area (Å²) in [6, 6.07) is 9.13. The van der Waals surface area contributed by atoms with E-state index in [1.165, 1.54) is 50.9 Å². The van der Waals surface area contributed by atoms with E-state index in [0.717, 1.165) is 12.1 Å². The number of ether oxygens (including phenoxy) is 2. The lowest BCUT2D eigenvalue weighted by molar-refractivity contribution is 0.0599. The number of amides is 1. The highest BCUT2D eigenvalue weighted by Crippen LogP contribution is 2.27. The number of nitrogens with two attached hydrogens (primary N) is 1. The second-order valence-corrected chi connectivity index (χ2v) is 6.48. The molecule has 3 rings (SSSR count). The number of anilines is 4. The summed E-state index contributed by atoms with van der Waals surface area (Å²) in [6.07, 6.45) is 1.18. The van der Waals surface area contributed by atoms with Crippen LogP contribution < -0.4 is 21.9 Å². The Hall–Kier alpha value is -4.74. The van der Waals surface area contributed by atoms with Crippen LogP contribution in [0.4, 0.5) is 27.4 Å². The number of halogens is 1. The Labute approximate surface area is 187 Å². The second-order valence-electron chi connectivity index (χ2n) is 6.48. The minimum atomic E-state index is -0.662. The summed E-state index contributed by atoms with van der Waals surface area (Å²) in [7, 11) is 2.42. The third kappa shape index (κ3) is 5.50. The van der Waals surface area contributed by atoms with Crippen LogP contribution in [0.5, 0.6) is 0 Å². The molecule has 2 aromatic carbocycles. The van der Waals surface area contributed by atoms with E-state index in [-0.39, 0.29) is 34.0 Å². The molecule has 0 spiro atoms. The maximum Gasteiger partial charge on any atom is 0.337 e. The molecule has 5 N–H and O–H groups in total. The van der Waals surface area contributed by atoms with E-state index in [4.69, 9.17) is 15.2 Å². The number of esters is 2. The largest absolute Gasteiger partial charge is 0.465 e. The molecule has 0 aliphatic heterocycles. The van der Waals surface area contributed by atoms with Gasteiger partial charge in [0.05, 0.1) is 25.3 Å². The van der Waals surface area contributed by atoms with Gasteiger partial charge in [-0.2, -0.15) is 0 Å². The lowest BCUT2D eigenvalue weighted by Crippen LogP contribution is -2.30. The minimum Gasteiger partial charge on any atom is -0.465 e. The summed E-state index contributed by atoms with van der Waals surface area (Å²) in [5, 5.41) is 2.89. The molecule has 0 unspecified atom stereocenters. The zero-order valence-corrected chi connectivity index (χ0v) is 17.5. The first-order valence-electron chi connectivity index (χ1n) is 9.33. The van der Waals surface area contributed by atoms with Gasteiger partial charge in [-0.3, -0.25) is 15.6 Å². The number of hydrazine groups is 1. The highest BCUT2D eigenvalue weighted by atomic mass is 19.1. The fourth-order valence-electron chi connectivity index (χ4n) is 2.69. The van der Waals surface area contributed by atoms with Crippen molar-refractivity contribution in [2.24, 2.45) is 0 Å². The van der Waals surface area contributed by atoms with Crippen LogP contribution in [0.1, 0.15) is 31.1 Å². The molecule has 1 aromatic heterocycles. The van der Waals surface area contributed by atoms with E-state index in [1.54, 1.807) is 0 Å². The standard InChI is InChI=1S/C21H19FN6O5/c1-32-20(30)12-7-13(21(31)33-2)9-15(8-12)26-17-16(23)18(25-10-24-17)27-28-19(29)11-3-5-14(22)6-4-11/h3-10H,23H2,1-2H3,(H,28,29)(H2,24,25,26,27). The summed E-state index contributed by atoms with van der Waals surface area (Å²) >= 11 is 0. The molecule has 0 fully saturated rings. The van der Waals surface area contributed by atoms with E-state index in [9.17, 15) is 18.8 Å². The maximum absolute atomic E-state index is 13.0. The summed E-state index contributed by atoms with van der Waals surface area (Å²) in [5.74, 6) is -2.14. The van der Waals surface area contributed by atoms with Crippen LogP contribution in [0.25, 0.3) is 0 Å². The van der Waals surface area contributed by atoms with Crippen LogP contribution in [-0.2, 0) is 9.47 Å². The van der Waals surface area contributed by atoms with Gasteiger partial charge in [0, 0.05) is 11.3 Å². The number of nitrogens with one attached hydrogen (secondary N) is 3. The Morgan fingerprint density at radius 1 is 0.879 bits per heavy atom. The van der Waals surface area contributed by atoms with Crippen molar-refractivity contribution < 1.29 is 28.2 Å². The number of aromatic nitrogens is 2. The average Bonchev–Trinajstić information content (AvgIpc) is 2.83. The molecule has 0 radical (unpaired) electrons. The molecule has 12 heteroatoms. The van der Waals surface area contributed by atoms with Gasteiger partial charge in [-0.05, 0) is 42.5 Å². The molecule has 0 saturated carbocycles. The van der Waals surface area contributed by atoms with E-state index in [1.807, 2.05) is 0 Å². The predicted octanol–water partition coefficient (Wildman–Crippen LogP) is 2.27. The molecule has 33 heavy (non-hydrogen) atoms.